The molecule has 1 aromatic heterocycles. The third-order valence-corrected chi connectivity index (χ3v) is 4.49. The normalized spacial score (nSPS) is 27.6. The minimum atomic E-state index is 0.564. The van der Waals surface area contributed by atoms with Crippen LogP contribution in [0.4, 0.5) is 5.82 Å². The van der Waals surface area contributed by atoms with Gasteiger partial charge in [0.15, 0.2) is 0 Å². The number of likely N-dealkylation sites (tertiary alicyclic amines) is 1. The zero-order chi connectivity index (χ0) is 13.8. The van der Waals surface area contributed by atoms with Gasteiger partial charge < -0.3 is 14.5 Å². The van der Waals surface area contributed by atoms with Crippen LogP contribution in [0.25, 0.3) is 0 Å². The highest BCUT2D eigenvalue weighted by Crippen LogP contribution is 2.22. The molecule has 3 rings (SSSR count). The molecule has 2 atom stereocenters. The van der Waals surface area contributed by atoms with Crippen LogP contribution in [0.15, 0.2) is 18.6 Å². The van der Waals surface area contributed by atoms with Gasteiger partial charge in [-0.25, -0.2) is 9.97 Å². The van der Waals surface area contributed by atoms with Gasteiger partial charge in [-0.05, 0) is 31.2 Å². The molecule has 0 N–H and O–H groups in total. The Labute approximate surface area is 121 Å². The maximum Gasteiger partial charge on any atom is 0.131 e. The van der Waals surface area contributed by atoms with Crippen LogP contribution >= 0.6 is 0 Å². The summed E-state index contributed by atoms with van der Waals surface area (Å²) in [5.74, 6) is 1.75. The van der Waals surface area contributed by atoms with E-state index in [1.54, 1.807) is 6.33 Å². The van der Waals surface area contributed by atoms with E-state index in [-0.39, 0.29) is 0 Å². The van der Waals surface area contributed by atoms with Crippen LogP contribution in [0, 0.1) is 5.92 Å². The Balaban J connectivity index is 1.51. The van der Waals surface area contributed by atoms with Gasteiger partial charge in [0.2, 0.25) is 0 Å². The van der Waals surface area contributed by atoms with Crippen molar-refractivity contribution in [3.63, 3.8) is 0 Å². The van der Waals surface area contributed by atoms with E-state index >= 15 is 0 Å². The zero-order valence-electron chi connectivity index (χ0n) is 12.2. The maximum absolute atomic E-state index is 5.58. The number of ether oxygens (including phenoxy) is 1. The molecule has 2 aliphatic heterocycles. The highest BCUT2D eigenvalue weighted by Gasteiger charge is 2.28. The van der Waals surface area contributed by atoms with Crippen LogP contribution in [0.3, 0.4) is 0 Å². The molecular weight excluding hydrogens is 252 g/mol. The molecule has 0 aromatic carbocycles. The quantitative estimate of drug-likeness (QED) is 0.832. The molecular formula is C15H24N4O. The van der Waals surface area contributed by atoms with Crippen LogP contribution < -0.4 is 4.90 Å². The summed E-state index contributed by atoms with van der Waals surface area (Å²) in [6.07, 6.45) is 7.20. The second-order valence-electron chi connectivity index (χ2n) is 5.96. The Hall–Kier alpha value is -1.20. The molecule has 3 heterocycles. The van der Waals surface area contributed by atoms with Crippen molar-refractivity contribution in [1.29, 1.82) is 0 Å². The number of anilines is 1. The van der Waals surface area contributed by atoms with E-state index in [1.165, 1.54) is 32.4 Å². The molecule has 2 saturated heterocycles. The van der Waals surface area contributed by atoms with Gasteiger partial charge in [0.05, 0.1) is 6.61 Å². The van der Waals surface area contributed by atoms with Crippen LogP contribution in [0.1, 0.15) is 19.3 Å². The highest BCUT2D eigenvalue weighted by molar-refractivity contribution is 5.37. The van der Waals surface area contributed by atoms with Gasteiger partial charge in [-0.2, -0.15) is 0 Å². The molecule has 2 aliphatic rings. The van der Waals surface area contributed by atoms with Crippen molar-refractivity contribution in [3.8, 4) is 0 Å². The van der Waals surface area contributed by atoms with E-state index in [9.17, 15) is 0 Å². The summed E-state index contributed by atoms with van der Waals surface area (Å²) in [7, 11) is 2.14. The van der Waals surface area contributed by atoms with E-state index in [1.807, 2.05) is 12.3 Å². The van der Waals surface area contributed by atoms with E-state index in [0.717, 1.165) is 31.5 Å². The predicted octanol–water partition coefficient (Wildman–Crippen LogP) is 1.41. The number of hydrogen-bond donors (Lipinski definition) is 0. The lowest BCUT2D eigenvalue weighted by Crippen LogP contribution is -2.37. The monoisotopic (exact) mass is 276 g/mol. The van der Waals surface area contributed by atoms with Crippen LogP contribution in [-0.2, 0) is 4.74 Å². The third-order valence-electron chi connectivity index (χ3n) is 4.49. The first kappa shape index (κ1) is 13.8. The lowest BCUT2D eigenvalue weighted by atomic mass is 10.0. The molecule has 5 nitrogen and oxygen atoms in total. The van der Waals surface area contributed by atoms with Crippen LogP contribution in [-0.4, -0.2) is 60.8 Å². The Kier molecular flexibility index (Phi) is 4.47. The van der Waals surface area contributed by atoms with Gasteiger partial charge in [-0.15, -0.1) is 0 Å². The fraction of sp³-hybridized carbons (Fsp3) is 0.733. The van der Waals surface area contributed by atoms with Crippen LogP contribution in [0.2, 0.25) is 0 Å². The second-order valence-corrected chi connectivity index (χ2v) is 5.96. The number of rotatable bonds is 4. The first-order valence-electron chi connectivity index (χ1n) is 7.62. The Morgan fingerprint density at radius 1 is 1.45 bits per heavy atom. The molecule has 0 saturated carbocycles. The van der Waals surface area contributed by atoms with E-state index < -0.39 is 0 Å². The first-order valence-corrected chi connectivity index (χ1v) is 7.62. The van der Waals surface area contributed by atoms with Gasteiger partial charge in [0.25, 0.3) is 0 Å². The summed E-state index contributed by atoms with van der Waals surface area (Å²) in [6, 6.07) is 2.55. The van der Waals surface area contributed by atoms with Gasteiger partial charge in [0, 0.05) is 45.5 Å². The highest BCUT2D eigenvalue weighted by atomic mass is 16.5. The smallest absolute Gasteiger partial charge is 0.131 e. The average Bonchev–Trinajstić information content (AvgIpc) is 2.97. The van der Waals surface area contributed by atoms with Crippen LogP contribution in [0.5, 0.6) is 0 Å². The Morgan fingerprint density at radius 3 is 3.15 bits per heavy atom. The SMILES string of the molecule is CN(c1ccncn1)C1CCN(CC2CCCOC2)C1. The van der Waals surface area contributed by atoms with E-state index in [4.69, 9.17) is 4.74 Å². The fourth-order valence-corrected chi connectivity index (χ4v) is 3.29. The first-order chi connectivity index (χ1) is 9.83. The largest absolute Gasteiger partial charge is 0.381 e. The molecule has 20 heavy (non-hydrogen) atoms. The van der Waals surface area contributed by atoms with Gasteiger partial charge in [0.1, 0.15) is 12.1 Å². The zero-order valence-corrected chi connectivity index (χ0v) is 12.2. The van der Waals surface area contributed by atoms with Crippen molar-refractivity contribution in [3.05, 3.63) is 18.6 Å². The molecule has 1 aromatic rings. The molecule has 2 fully saturated rings. The topological polar surface area (TPSA) is 41.5 Å². The number of nitrogens with zero attached hydrogens (tertiary/aromatic N) is 4. The molecule has 110 valence electrons. The minimum Gasteiger partial charge on any atom is -0.381 e. The molecule has 5 heteroatoms. The lowest BCUT2D eigenvalue weighted by molar-refractivity contribution is 0.0416. The molecule has 2 unspecified atom stereocenters. The fourth-order valence-electron chi connectivity index (χ4n) is 3.29. The number of likely N-dealkylation sites (N-methyl/N-ethyl adjacent to an activating group) is 1. The molecule has 0 bridgehead atoms. The third kappa shape index (κ3) is 3.27. The Bertz CT molecular complexity index is 408. The maximum atomic E-state index is 5.58. The van der Waals surface area contributed by atoms with Crippen molar-refractivity contribution in [2.24, 2.45) is 5.92 Å². The van der Waals surface area contributed by atoms with Crippen molar-refractivity contribution in [2.75, 3.05) is 44.8 Å². The molecule has 0 aliphatic carbocycles. The number of hydrogen-bond acceptors (Lipinski definition) is 5. The van der Waals surface area contributed by atoms with E-state index in [0.29, 0.717) is 6.04 Å². The van der Waals surface area contributed by atoms with Crippen molar-refractivity contribution >= 4 is 5.82 Å². The van der Waals surface area contributed by atoms with Crippen molar-refractivity contribution < 1.29 is 4.74 Å². The Morgan fingerprint density at radius 2 is 2.40 bits per heavy atom. The predicted molar refractivity (Wildman–Crippen MR) is 78.8 cm³/mol. The van der Waals surface area contributed by atoms with Gasteiger partial charge in [-0.3, -0.25) is 0 Å². The van der Waals surface area contributed by atoms with Gasteiger partial charge in [-0.1, -0.05) is 0 Å². The standard InChI is InChI=1S/C15H24N4O/c1-18(15-4-6-16-12-17-15)14-5-7-19(10-14)9-13-3-2-8-20-11-13/h4,6,12-14H,2-3,5,7-11H2,1H3. The summed E-state index contributed by atoms with van der Waals surface area (Å²) in [4.78, 5) is 13.2. The number of aromatic nitrogens is 2. The lowest BCUT2D eigenvalue weighted by Gasteiger charge is -2.28. The minimum absolute atomic E-state index is 0.564. The van der Waals surface area contributed by atoms with E-state index in [2.05, 4.69) is 26.8 Å². The summed E-state index contributed by atoms with van der Waals surface area (Å²) in [5, 5.41) is 0. The molecule has 0 radical (unpaired) electrons. The summed E-state index contributed by atoms with van der Waals surface area (Å²) >= 11 is 0. The summed E-state index contributed by atoms with van der Waals surface area (Å²) in [6.45, 7) is 5.42. The molecule has 0 amide bonds. The van der Waals surface area contributed by atoms with Crippen molar-refractivity contribution in [1.82, 2.24) is 14.9 Å². The second kappa shape index (κ2) is 6.50. The van der Waals surface area contributed by atoms with Crippen molar-refractivity contribution in [2.45, 2.75) is 25.3 Å². The summed E-state index contributed by atoms with van der Waals surface area (Å²) in [5.41, 5.74) is 0. The summed E-state index contributed by atoms with van der Waals surface area (Å²) < 4.78 is 5.58. The molecule has 0 spiro atoms. The van der Waals surface area contributed by atoms with Gasteiger partial charge >= 0.3 is 0 Å². The average molecular weight is 276 g/mol.